The summed E-state index contributed by atoms with van der Waals surface area (Å²) in [6.45, 7) is 1.31. The lowest BCUT2D eigenvalue weighted by atomic mass is 10.1. The monoisotopic (exact) mass is 523 g/mol. The van der Waals surface area contributed by atoms with Gasteiger partial charge in [0.2, 0.25) is 5.91 Å². The molecular formula is C27H29N3O8. The standard InChI is InChI=1S/C27H29N3O8/c1-2-37-27(36)19(11-7-8-14-29-24(33)17-9-3-4-10-18(17)25(29)34)28-20-16-38-22-13-6-5-12-21(22)30(26(20)35)15-23(31)32/h3-6,9-10,12-13,19-20,28H,2,7-8,11,14-16H2,1H3,(H,31,32)/t19-,20?/m0/s1. The first-order valence-corrected chi connectivity index (χ1v) is 12.4. The highest BCUT2D eigenvalue weighted by Gasteiger charge is 2.36. The number of benzene rings is 2. The fourth-order valence-corrected chi connectivity index (χ4v) is 4.59. The highest BCUT2D eigenvalue weighted by Crippen LogP contribution is 2.31. The summed E-state index contributed by atoms with van der Waals surface area (Å²) in [6, 6.07) is 11.4. The summed E-state index contributed by atoms with van der Waals surface area (Å²) in [5.41, 5.74) is 1.09. The number of esters is 1. The van der Waals surface area contributed by atoms with Gasteiger partial charge in [-0.25, -0.2) is 0 Å². The zero-order chi connectivity index (χ0) is 27.2. The predicted octanol–water partition coefficient (Wildman–Crippen LogP) is 1.85. The van der Waals surface area contributed by atoms with Crippen LogP contribution in [0.15, 0.2) is 48.5 Å². The molecule has 0 saturated carbocycles. The van der Waals surface area contributed by atoms with Crippen LogP contribution in [0.1, 0.15) is 46.9 Å². The van der Waals surface area contributed by atoms with Crippen LogP contribution < -0.4 is 15.0 Å². The van der Waals surface area contributed by atoms with Gasteiger partial charge in [0.1, 0.15) is 31.0 Å². The molecular weight excluding hydrogens is 494 g/mol. The molecule has 3 amide bonds. The summed E-state index contributed by atoms with van der Waals surface area (Å²) in [7, 11) is 0. The van der Waals surface area contributed by atoms with Crippen LogP contribution in [0.25, 0.3) is 0 Å². The minimum Gasteiger partial charge on any atom is -0.489 e. The Morgan fingerprint density at radius 2 is 1.68 bits per heavy atom. The first-order chi connectivity index (χ1) is 18.3. The molecule has 11 heteroatoms. The molecule has 2 aromatic carbocycles. The number of nitrogens with zero attached hydrogens (tertiary/aromatic N) is 2. The topological polar surface area (TPSA) is 143 Å². The molecule has 0 bridgehead atoms. The normalized spacial score (nSPS) is 17.4. The number of carbonyl (C=O) groups is 5. The van der Waals surface area contributed by atoms with Crippen molar-refractivity contribution >= 4 is 35.3 Å². The predicted molar refractivity (Wildman–Crippen MR) is 135 cm³/mol. The molecule has 200 valence electrons. The second-order valence-electron chi connectivity index (χ2n) is 8.92. The van der Waals surface area contributed by atoms with Gasteiger partial charge in [-0.2, -0.15) is 0 Å². The maximum atomic E-state index is 13.3. The van der Waals surface area contributed by atoms with Gasteiger partial charge in [-0.15, -0.1) is 0 Å². The largest absolute Gasteiger partial charge is 0.489 e. The van der Waals surface area contributed by atoms with Gasteiger partial charge in [0.15, 0.2) is 0 Å². The lowest BCUT2D eigenvalue weighted by Gasteiger charge is -2.26. The first kappa shape index (κ1) is 26.8. The van der Waals surface area contributed by atoms with Crippen molar-refractivity contribution in [1.29, 1.82) is 0 Å². The molecule has 0 aliphatic carbocycles. The zero-order valence-corrected chi connectivity index (χ0v) is 20.9. The van der Waals surface area contributed by atoms with E-state index in [1.165, 1.54) is 4.90 Å². The first-order valence-electron chi connectivity index (χ1n) is 12.4. The molecule has 0 saturated heterocycles. The number of rotatable bonds is 11. The van der Waals surface area contributed by atoms with Crippen LogP contribution in [0.2, 0.25) is 0 Å². The van der Waals surface area contributed by atoms with Crippen LogP contribution >= 0.6 is 0 Å². The van der Waals surface area contributed by atoms with Crippen molar-refractivity contribution < 1.29 is 38.6 Å². The summed E-state index contributed by atoms with van der Waals surface area (Å²) in [6.07, 6.45) is 1.15. The van der Waals surface area contributed by atoms with Crippen molar-refractivity contribution in [3.05, 3.63) is 59.7 Å². The third-order valence-corrected chi connectivity index (χ3v) is 6.40. The molecule has 2 aromatic rings. The van der Waals surface area contributed by atoms with E-state index >= 15 is 0 Å². The molecule has 0 radical (unpaired) electrons. The zero-order valence-electron chi connectivity index (χ0n) is 20.9. The van der Waals surface area contributed by atoms with Gasteiger partial charge in [0, 0.05) is 6.54 Å². The van der Waals surface area contributed by atoms with E-state index in [0.29, 0.717) is 35.4 Å². The fraction of sp³-hybridized carbons (Fsp3) is 0.370. The van der Waals surface area contributed by atoms with Gasteiger partial charge < -0.3 is 14.6 Å². The number of amides is 3. The van der Waals surface area contributed by atoms with Crippen LogP contribution in [0, 0.1) is 0 Å². The number of imide groups is 1. The van der Waals surface area contributed by atoms with Crippen molar-refractivity contribution in [2.45, 2.75) is 38.3 Å². The average Bonchev–Trinajstić information content (AvgIpc) is 3.07. The number of carboxylic acid groups (broad SMARTS) is 1. The van der Waals surface area contributed by atoms with E-state index in [1.54, 1.807) is 55.5 Å². The minimum atomic E-state index is -1.19. The molecule has 0 spiro atoms. The smallest absolute Gasteiger partial charge is 0.323 e. The SMILES string of the molecule is CCOC(=O)[C@H](CCCCN1C(=O)c2ccccc2C1=O)NC1COc2ccccc2N(CC(=O)O)C1=O. The Morgan fingerprint density at radius 1 is 1.03 bits per heavy atom. The van der Waals surface area contributed by atoms with E-state index in [0.717, 1.165) is 4.90 Å². The van der Waals surface area contributed by atoms with Crippen molar-refractivity contribution in [3.8, 4) is 5.75 Å². The van der Waals surface area contributed by atoms with E-state index in [9.17, 15) is 29.1 Å². The molecule has 1 unspecified atom stereocenters. The molecule has 2 aliphatic heterocycles. The number of hydrogen-bond acceptors (Lipinski definition) is 8. The molecule has 0 fully saturated rings. The number of carbonyl (C=O) groups excluding carboxylic acids is 4. The summed E-state index contributed by atoms with van der Waals surface area (Å²) in [5.74, 6) is -2.62. The summed E-state index contributed by atoms with van der Waals surface area (Å²) < 4.78 is 11.0. The van der Waals surface area contributed by atoms with E-state index in [2.05, 4.69) is 5.32 Å². The summed E-state index contributed by atoms with van der Waals surface area (Å²) in [5, 5.41) is 12.4. The lowest BCUT2D eigenvalue weighted by Crippen LogP contribution is -2.54. The number of nitrogens with one attached hydrogen (secondary N) is 1. The molecule has 2 N–H and O–H groups in total. The van der Waals surface area contributed by atoms with Crippen molar-refractivity contribution in [3.63, 3.8) is 0 Å². The van der Waals surface area contributed by atoms with E-state index in [-0.39, 0.29) is 38.0 Å². The molecule has 2 heterocycles. The molecule has 38 heavy (non-hydrogen) atoms. The number of carboxylic acids is 1. The van der Waals surface area contributed by atoms with E-state index in [1.807, 2.05) is 0 Å². The average molecular weight is 524 g/mol. The number of anilines is 1. The van der Waals surface area contributed by atoms with Crippen molar-refractivity contribution in [1.82, 2.24) is 10.2 Å². The lowest BCUT2D eigenvalue weighted by molar-refractivity contribution is -0.146. The number of aliphatic carboxylic acids is 1. The molecule has 0 aromatic heterocycles. The Hall–Kier alpha value is -4.25. The number of unbranched alkanes of at least 4 members (excludes halogenated alkanes) is 1. The molecule has 4 rings (SSSR count). The highest BCUT2D eigenvalue weighted by atomic mass is 16.5. The second kappa shape index (κ2) is 11.9. The molecule has 2 aliphatic rings. The Balaban J connectivity index is 1.41. The van der Waals surface area contributed by atoms with Crippen LogP contribution in [0.4, 0.5) is 5.69 Å². The maximum absolute atomic E-state index is 13.3. The van der Waals surface area contributed by atoms with Gasteiger partial charge in [0.25, 0.3) is 11.8 Å². The third-order valence-electron chi connectivity index (χ3n) is 6.40. The van der Waals surface area contributed by atoms with E-state index in [4.69, 9.17) is 9.47 Å². The Morgan fingerprint density at radius 3 is 2.34 bits per heavy atom. The van der Waals surface area contributed by atoms with Gasteiger partial charge in [-0.05, 0) is 50.5 Å². The molecule has 2 atom stereocenters. The highest BCUT2D eigenvalue weighted by molar-refractivity contribution is 6.21. The second-order valence-corrected chi connectivity index (χ2v) is 8.92. The third kappa shape index (κ3) is 5.67. The molecule has 11 nitrogen and oxygen atoms in total. The summed E-state index contributed by atoms with van der Waals surface area (Å²) in [4.78, 5) is 65.0. The number of ether oxygens (including phenoxy) is 2. The summed E-state index contributed by atoms with van der Waals surface area (Å²) >= 11 is 0. The van der Waals surface area contributed by atoms with Crippen LogP contribution in [-0.4, -0.2) is 78.1 Å². The number of para-hydroxylation sites is 2. The van der Waals surface area contributed by atoms with Crippen LogP contribution in [0.3, 0.4) is 0 Å². The van der Waals surface area contributed by atoms with Crippen LogP contribution in [-0.2, 0) is 19.1 Å². The van der Waals surface area contributed by atoms with Gasteiger partial charge in [-0.3, -0.25) is 39.1 Å². The van der Waals surface area contributed by atoms with Crippen LogP contribution in [0.5, 0.6) is 5.75 Å². The van der Waals surface area contributed by atoms with Gasteiger partial charge in [-0.1, -0.05) is 24.3 Å². The quantitative estimate of drug-likeness (QED) is 0.256. The fourth-order valence-electron chi connectivity index (χ4n) is 4.59. The van der Waals surface area contributed by atoms with Crippen molar-refractivity contribution in [2.24, 2.45) is 0 Å². The Bertz CT molecular complexity index is 1210. The van der Waals surface area contributed by atoms with Crippen molar-refractivity contribution in [2.75, 3.05) is 31.2 Å². The van der Waals surface area contributed by atoms with Gasteiger partial charge >= 0.3 is 11.9 Å². The number of fused-ring (bicyclic) bond motifs is 2. The van der Waals surface area contributed by atoms with Gasteiger partial charge in [0.05, 0.1) is 23.4 Å². The van der Waals surface area contributed by atoms with E-state index < -0.39 is 36.5 Å². The Kier molecular flexibility index (Phi) is 8.37. The Labute approximate surface area is 219 Å². The number of hydrogen-bond donors (Lipinski definition) is 2. The minimum absolute atomic E-state index is 0.114. The maximum Gasteiger partial charge on any atom is 0.323 e.